The molecule has 6 heterocycles. The summed E-state index contributed by atoms with van der Waals surface area (Å²) < 4.78 is 89.6. The molecule has 8 unspecified atom stereocenters. The van der Waals surface area contributed by atoms with E-state index in [9.17, 15) is 0 Å². The van der Waals surface area contributed by atoms with Gasteiger partial charge in [0.2, 0.25) is 5.75 Å². The quantitative estimate of drug-likeness (QED) is 0.0380. The summed E-state index contributed by atoms with van der Waals surface area (Å²) in [4.78, 5) is 17.4. The molecular formula is C51H50N3O16P3. The van der Waals surface area contributed by atoms with Gasteiger partial charge in [-0.1, -0.05) is 66.7 Å². The number of nitrogens with zero attached hydrogens (tertiary/aromatic N) is 2. The van der Waals surface area contributed by atoms with Crippen molar-refractivity contribution < 1.29 is 75.6 Å². The number of benzene rings is 6. The van der Waals surface area contributed by atoms with Crippen LogP contribution in [0.15, 0.2) is 140 Å². The van der Waals surface area contributed by atoms with Crippen LogP contribution in [-0.4, -0.2) is 106 Å². The Morgan fingerprint density at radius 3 is 1.22 bits per heavy atom. The molecule has 12 rings (SSSR count). The van der Waals surface area contributed by atoms with Crippen molar-refractivity contribution in [1.29, 1.82) is 0 Å². The van der Waals surface area contributed by atoms with E-state index in [4.69, 9.17) is 75.6 Å². The highest BCUT2D eigenvalue weighted by Gasteiger charge is 2.48. The molecule has 0 amide bonds. The zero-order valence-corrected chi connectivity index (χ0v) is 41.8. The maximum Gasteiger partial charge on any atom is 0.332 e. The molecule has 0 bridgehead atoms. The first kappa shape index (κ1) is 48.1. The average molecular weight is 1050 g/mol. The molecule has 6 saturated heterocycles. The van der Waals surface area contributed by atoms with Gasteiger partial charge in [0, 0.05) is 4.60 Å². The molecule has 6 aromatic carbocycles. The molecule has 22 heteroatoms. The molecule has 0 saturated carbocycles. The second-order valence-corrected chi connectivity index (χ2v) is 21.7. The number of nitrogens with one attached hydrogen (secondary N) is 1. The van der Waals surface area contributed by atoms with Crippen LogP contribution in [0.25, 0.3) is 0 Å². The van der Waals surface area contributed by atoms with Gasteiger partial charge in [0.25, 0.3) is 8.45 Å². The smallest absolute Gasteiger partial charge is 0.332 e. The number of para-hydroxylation sites is 11. The minimum Gasteiger partial charge on any atom is -0.487 e. The lowest BCUT2D eigenvalue weighted by molar-refractivity contribution is 0.0618. The van der Waals surface area contributed by atoms with E-state index in [1.807, 2.05) is 127 Å². The summed E-state index contributed by atoms with van der Waals surface area (Å²) in [6, 6.07) is 42.4. The van der Waals surface area contributed by atoms with E-state index in [-0.39, 0.29) is 50.9 Å². The number of epoxide rings is 5. The van der Waals surface area contributed by atoms with Crippen molar-refractivity contribution in [2.75, 3.05) is 66.1 Å². The fraction of sp³-hybridized carbons (Fsp3) is 0.294. The second kappa shape index (κ2) is 22.7. The lowest BCUT2D eigenvalue weighted by Crippen LogP contribution is -2.37. The fourth-order valence-corrected chi connectivity index (χ4v) is 12.5. The summed E-state index contributed by atoms with van der Waals surface area (Å²) in [5, 5.41) is 0. The predicted molar refractivity (Wildman–Crippen MR) is 266 cm³/mol. The van der Waals surface area contributed by atoms with Crippen LogP contribution in [-0.2, 0) is 23.7 Å². The van der Waals surface area contributed by atoms with Gasteiger partial charge in [0.1, 0.15) is 63.6 Å². The van der Waals surface area contributed by atoms with Gasteiger partial charge in [-0.05, 0) is 77.4 Å². The molecule has 6 aliphatic rings. The molecule has 0 spiro atoms. The number of ether oxygens (including phenoxy) is 12. The van der Waals surface area contributed by atoms with Gasteiger partial charge in [-0.25, -0.2) is 4.86 Å². The van der Waals surface area contributed by atoms with Crippen LogP contribution in [0.1, 0.15) is 0 Å². The van der Waals surface area contributed by atoms with Crippen LogP contribution < -0.4 is 56.7 Å². The van der Waals surface area contributed by atoms with Gasteiger partial charge in [0.05, 0.1) is 41.9 Å². The van der Waals surface area contributed by atoms with E-state index in [0.717, 1.165) is 0 Å². The summed E-state index contributed by atoms with van der Waals surface area (Å²) in [6.07, 6.45) is 0.0374. The largest absolute Gasteiger partial charge is 0.487 e. The van der Waals surface area contributed by atoms with Gasteiger partial charge in [-0.3, -0.25) is 0 Å². The Labute approximate surface area is 424 Å². The van der Waals surface area contributed by atoms with Gasteiger partial charge in [-0.2, -0.15) is 0 Å². The molecule has 6 fully saturated rings. The lowest BCUT2D eigenvalue weighted by atomic mass is 10.2. The van der Waals surface area contributed by atoms with Gasteiger partial charge in [0.15, 0.2) is 69.0 Å². The zero-order valence-electron chi connectivity index (χ0n) is 39.1. The number of hydrogen-bond acceptors (Lipinski definition) is 19. The van der Waals surface area contributed by atoms with Crippen molar-refractivity contribution in [3.8, 4) is 74.7 Å². The first-order valence-electron chi connectivity index (χ1n) is 23.7. The third-order valence-electron chi connectivity index (χ3n) is 11.2. The van der Waals surface area contributed by atoms with E-state index in [1.54, 1.807) is 21.3 Å². The number of rotatable bonds is 27. The highest BCUT2D eigenvalue weighted by Crippen LogP contribution is 2.67. The van der Waals surface area contributed by atoms with Crippen LogP contribution in [0.3, 0.4) is 0 Å². The summed E-state index contributed by atoms with van der Waals surface area (Å²) in [5.74, 6) is 5.46. The third-order valence-corrected chi connectivity index (χ3v) is 16.3. The highest BCUT2D eigenvalue weighted by atomic mass is 31.3. The molecule has 73 heavy (non-hydrogen) atoms. The topological polar surface area (TPSA) is 183 Å². The summed E-state index contributed by atoms with van der Waals surface area (Å²) in [6.45, 7) is 4.93. The van der Waals surface area contributed by atoms with Crippen LogP contribution in [0.5, 0.6) is 74.7 Å². The van der Waals surface area contributed by atoms with Crippen LogP contribution in [0.2, 0.25) is 0 Å². The van der Waals surface area contributed by atoms with Crippen molar-refractivity contribution in [2.45, 2.75) is 30.5 Å². The summed E-state index contributed by atoms with van der Waals surface area (Å²) in [7, 11) is -4.53. The maximum absolute atomic E-state index is 7.17. The fourth-order valence-electron chi connectivity index (χ4n) is 6.89. The first-order valence-corrected chi connectivity index (χ1v) is 27.0. The molecule has 6 aromatic rings. The van der Waals surface area contributed by atoms with Crippen LogP contribution >= 0.6 is 25.8 Å². The molecular weight excluding hydrogens is 1000 g/mol. The first-order chi connectivity index (χ1) is 36.1. The Morgan fingerprint density at radius 1 is 0.397 bits per heavy atom. The molecule has 1 N–H and O–H groups in total. The Bertz CT molecular complexity index is 2820. The second-order valence-electron chi connectivity index (χ2n) is 17.0. The molecule has 6 aliphatic heterocycles. The van der Waals surface area contributed by atoms with E-state index >= 15 is 0 Å². The van der Waals surface area contributed by atoms with Gasteiger partial charge >= 0.3 is 8.45 Å². The Morgan fingerprint density at radius 2 is 0.753 bits per heavy atom. The van der Waals surface area contributed by atoms with E-state index in [1.165, 1.54) is 0 Å². The van der Waals surface area contributed by atoms with Gasteiger partial charge < -0.3 is 75.6 Å². The standard InChI is InChI=1S/C51H50N3O16P3/c1-6-17-44(39(12-1)60-29-34-24-55-34)65-49-22-11-23-50(51(49)66-45-18-7-2-13-40(45)61-30-35-25-56-35)69-72-52-71-53(67-46-19-8-3-14-41(46)62-31-36-26-57-36)73(70-48-21-10-5-16-43(48)64-33-38-28-59-38)54(72)68-47-20-9-4-15-42(47)63-32-37-27-58-37/h1-23,34-38,52,71H,24-33H2. The highest BCUT2D eigenvalue weighted by molar-refractivity contribution is 7.74. The molecule has 0 aromatic heterocycles. The number of hydrogen-bond donors (Lipinski definition) is 1. The third kappa shape index (κ3) is 13.1. The molecule has 19 nitrogen and oxygen atoms in total. The molecule has 8 atom stereocenters. The average Bonchev–Trinajstić information content (AvgIpc) is 4.20. The lowest BCUT2D eigenvalue weighted by Gasteiger charge is -2.42. The molecule has 0 radical (unpaired) electrons. The van der Waals surface area contributed by atoms with E-state index in [2.05, 4.69) is 4.86 Å². The SMILES string of the molecule is c1ccc(Oc2cccc(OP3NPN(Oc4ccccc4OCC4CO4)P(Oc4ccccc4OCC4CO4)N3Oc3ccccc3OCC3CO3)c2Oc2ccccc2OCC2CO2)c(OCC2CO2)c1. The normalized spacial score (nSPS) is 23.9. The zero-order chi connectivity index (χ0) is 48.8. The monoisotopic (exact) mass is 1050 g/mol. The molecule has 0 aliphatic carbocycles. The molecule has 380 valence electrons. The van der Waals surface area contributed by atoms with Crippen LogP contribution in [0.4, 0.5) is 0 Å². The van der Waals surface area contributed by atoms with Gasteiger partial charge in [-0.15, -0.1) is 0 Å². The Hall–Kier alpha value is -5.91. The van der Waals surface area contributed by atoms with Crippen molar-refractivity contribution in [2.24, 2.45) is 0 Å². The maximum atomic E-state index is 7.17. The minimum atomic E-state index is -2.18. The Kier molecular flexibility index (Phi) is 14.9. The summed E-state index contributed by atoms with van der Waals surface area (Å²) in [5.41, 5.74) is 0. The van der Waals surface area contributed by atoms with Crippen molar-refractivity contribution in [3.63, 3.8) is 0 Å². The van der Waals surface area contributed by atoms with Crippen molar-refractivity contribution in [1.82, 2.24) is 14.1 Å². The van der Waals surface area contributed by atoms with Crippen molar-refractivity contribution >= 4 is 25.8 Å². The van der Waals surface area contributed by atoms with Crippen LogP contribution in [0, 0.1) is 0 Å². The predicted octanol–water partition coefficient (Wildman–Crippen LogP) is 9.77. The summed E-state index contributed by atoms with van der Waals surface area (Å²) >= 11 is 0. The van der Waals surface area contributed by atoms with Crippen molar-refractivity contribution in [3.05, 3.63) is 140 Å². The van der Waals surface area contributed by atoms with E-state index < -0.39 is 16.9 Å². The Balaban J connectivity index is 0.927. The van der Waals surface area contributed by atoms with E-state index in [0.29, 0.717) is 129 Å². The minimum absolute atomic E-state index is 0.00430.